The molecule has 0 radical (unpaired) electrons. The van der Waals surface area contributed by atoms with Gasteiger partial charge in [-0.05, 0) is 47.2 Å². The summed E-state index contributed by atoms with van der Waals surface area (Å²) < 4.78 is 48.5. The number of carboxylic acids is 1. The van der Waals surface area contributed by atoms with Crippen molar-refractivity contribution >= 4 is 29.5 Å². The molecule has 1 heterocycles. The van der Waals surface area contributed by atoms with Crippen molar-refractivity contribution in [3.63, 3.8) is 0 Å². The van der Waals surface area contributed by atoms with Gasteiger partial charge in [-0.1, -0.05) is 70.2 Å². The summed E-state index contributed by atoms with van der Waals surface area (Å²) in [5, 5.41) is 15.6. The molecular weight excluding hydrogens is 772 g/mol. The van der Waals surface area contributed by atoms with E-state index in [0.717, 1.165) is 29.8 Å². The minimum Gasteiger partial charge on any atom is -0.496 e. The number of carbonyl (C=O) groups is 3. The predicted molar refractivity (Wildman–Crippen MR) is 205 cm³/mol. The third kappa shape index (κ3) is 19.5. The maximum absolute atomic E-state index is 13.0. The molecule has 3 amide bonds. The predicted octanol–water partition coefficient (Wildman–Crippen LogP) is 7.02. The molecule has 57 heavy (non-hydrogen) atoms. The lowest BCUT2D eigenvalue weighted by Gasteiger charge is -2.30. The number of hydrogen-bond donors (Lipinski definition) is 4. The Labute approximate surface area is 325 Å². The second kappa shape index (κ2) is 26.9. The third-order valence-electron chi connectivity index (χ3n) is 7.11. The van der Waals surface area contributed by atoms with Crippen LogP contribution in [0.1, 0.15) is 44.9 Å². The van der Waals surface area contributed by atoms with Crippen LogP contribution in [0.2, 0.25) is 0 Å². The quantitative estimate of drug-likeness (QED) is 0.0960. The number of carboxylic acid groups (broad SMARTS) is 1. The highest BCUT2D eigenvalue weighted by Crippen LogP contribution is 2.32. The van der Waals surface area contributed by atoms with Crippen LogP contribution in [0.4, 0.5) is 48.2 Å². The summed E-state index contributed by atoms with van der Waals surface area (Å²) in [5.74, 6) is -0.679. The molecule has 0 aliphatic heterocycles. The van der Waals surface area contributed by atoms with E-state index in [1.54, 1.807) is 43.6 Å². The Hall–Kier alpha value is -5.86. The van der Waals surface area contributed by atoms with E-state index in [2.05, 4.69) is 53.5 Å². The van der Waals surface area contributed by atoms with Crippen molar-refractivity contribution in [3.8, 4) is 17.1 Å². The second-order valence-corrected chi connectivity index (χ2v) is 12.5. The summed E-state index contributed by atoms with van der Waals surface area (Å²) in [4.78, 5) is 41.0. The molecule has 4 rings (SSSR count). The molecule has 1 unspecified atom stereocenters. The Bertz CT molecular complexity index is 1720. The monoisotopic (exact) mass is 823 g/mol. The number of urea groups is 1. The van der Waals surface area contributed by atoms with Gasteiger partial charge in [0.25, 0.3) is 0 Å². The first-order chi connectivity index (χ1) is 24.6. The fourth-order valence-electron chi connectivity index (χ4n) is 5.09. The maximum atomic E-state index is 13.0. The summed E-state index contributed by atoms with van der Waals surface area (Å²) in [6.45, 7) is 11.5. The van der Waals surface area contributed by atoms with Crippen LogP contribution in [0, 0.1) is 11.8 Å². The third-order valence-corrected chi connectivity index (χ3v) is 7.11. The van der Waals surface area contributed by atoms with Gasteiger partial charge in [0.1, 0.15) is 11.9 Å². The van der Waals surface area contributed by atoms with Crippen LogP contribution < -0.4 is 20.7 Å². The average molecular weight is 824 g/mol. The van der Waals surface area contributed by atoms with Crippen molar-refractivity contribution in [1.29, 1.82) is 0 Å². The molecule has 3 aromatic carbocycles. The Morgan fingerprint density at radius 2 is 1.42 bits per heavy atom. The van der Waals surface area contributed by atoms with Crippen molar-refractivity contribution in [2.75, 3.05) is 37.4 Å². The van der Waals surface area contributed by atoms with Crippen LogP contribution in [0.5, 0.6) is 5.75 Å². The van der Waals surface area contributed by atoms with Crippen molar-refractivity contribution in [1.82, 2.24) is 15.2 Å². The zero-order valence-corrected chi connectivity index (χ0v) is 31.8. The number of aliphatic carboxylic acids is 1. The lowest BCUT2D eigenvalue weighted by Crippen LogP contribution is -2.37. The van der Waals surface area contributed by atoms with Crippen molar-refractivity contribution in [2.45, 2.75) is 46.5 Å². The van der Waals surface area contributed by atoms with E-state index in [4.69, 9.17) is 23.8 Å². The number of aromatic nitrogens is 1. The molecule has 14 nitrogen and oxygen atoms in total. The van der Waals surface area contributed by atoms with Crippen LogP contribution in [0.25, 0.3) is 11.3 Å². The smallest absolute Gasteiger partial charge is 0.490 e. The number of ether oxygens (including phenoxy) is 2. The largest absolute Gasteiger partial charge is 0.496 e. The lowest BCUT2D eigenvalue weighted by atomic mass is 10.1. The molecule has 1 atom stereocenters. The van der Waals surface area contributed by atoms with E-state index in [-0.39, 0.29) is 31.6 Å². The minimum absolute atomic E-state index is 0. The molecule has 8 N–H and O–H groups in total. The highest BCUT2D eigenvalue weighted by Gasteiger charge is 2.38. The average Bonchev–Trinajstić information content (AvgIpc) is 3.62. The number of methoxy groups -OCH3 is 1. The number of halogens is 6. The van der Waals surface area contributed by atoms with Crippen molar-refractivity contribution < 1.29 is 71.6 Å². The number of benzene rings is 3. The van der Waals surface area contributed by atoms with Crippen LogP contribution in [-0.2, 0) is 16.1 Å². The van der Waals surface area contributed by atoms with E-state index in [0.29, 0.717) is 41.3 Å². The van der Waals surface area contributed by atoms with E-state index in [1.165, 1.54) is 6.39 Å². The number of rotatable bonds is 14. The van der Waals surface area contributed by atoms with Gasteiger partial charge in [0, 0.05) is 43.6 Å². The Morgan fingerprint density at radius 1 is 0.842 bits per heavy atom. The number of carbonyl (C=O) groups excluding carboxylic acids is 2. The molecule has 0 saturated heterocycles. The fourth-order valence-corrected chi connectivity index (χ4v) is 5.09. The molecule has 0 bridgehead atoms. The van der Waals surface area contributed by atoms with Gasteiger partial charge in [0.05, 0.1) is 18.9 Å². The summed E-state index contributed by atoms with van der Waals surface area (Å²) in [6, 6.07) is 21.9. The van der Waals surface area contributed by atoms with Gasteiger partial charge in [-0.15, -0.1) is 0 Å². The normalized spacial score (nSPS) is 10.7. The molecule has 1 aromatic heterocycles. The molecule has 4 aromatic rings. The fraction of sp³-hybridized carbons (Fsp3) is 0.351. The van der Waals surface area contributed by atoms with E-state index < -0.39 is 30.4 Å². The molecular formula is C37H51F6N5O9. The Kier molecular flexibility index (Phi) is 26.1. The molecule has 0 aliphatic rings. The van der Waals surface area contributed by atoms with Gasteiger partial charge in [-0.3, -0.25) is 19.0 Å². The number of amides is 3. The summed E-state index contributed by atoms with van der Waals surface area (Å²) in [6.07, 6.45) is -3.06. The topological polar surface area (TPSA) is 218 Å². The number of oxazole rings is 1. The molecule has 20 heteroatoms. The number of anilines is 2. The van der Waals surface area contributed by atoms with Gasteiger partial charge in [0.15, 0.2) is 12.2 Å². The maximum Gasteiger partial charge on any atom is 0.490 e. The van der Waals surface area contributed by atoms with Gasteiger partial charge in [-0.2, -0.15) is 13.2 Å². The standard InChI is InChI=1S/C35H43N5O5.C2HF3O2.3FH.2H2O/c1-24(2)20-40(21-25(3)4)22-33(27-11-7-6-8-12-27)45-35(42)37-18-26-10-9-13-28(16-26)38-34(41)39-29-14-15-30(31(17-29)43-5)32-19-36-23-44-32;3-2(4,5)1(6)7;;;;;/h6-17,19,23-25,33H,18,20-22H2,1-5H3,(H,37,42)(H2,38,39,41);(H,6,7);3*1H;2*1H2. The molecule has 0 saturated carbocycles. The number of alkyl halides is 3. The number of nitrogens with zero attached hydrogens (tertiary/aromatic N) is 2. The number of hydrogen-bond acceptors (Lipinski definition) is 8. The number of nitrogens with one attached hydrogen (secondary N) is 3. The van der Waals surface area contributed by atoms with Crippen LogP contribution in [0.3, 0.4) is 0 Å². The zero-order valence-electron chi connectivity index (χ0n) is 31.8. The summed E-state index contributed by atoms with van der Waals surface area (Å²) >= 11 is 0. The van der Waals surface area contributed by atoms with Crippen LogP contribution >= 0.6 is 0 Å². The summed E-state index contributed by atoms with van der Waals surface area (Å²) in [5.41, 5.74) is 3.60. The summed E-state index contributed by atoms with van der Waals surface area (Å²) in [7, 11) is 1.55. The van der Waals surface area contributed by atoms with Crippen LogP contribution in [0.15, 0.2) is 89.8 Å². The Balaban J connectivity index is -0.00000222. The molecule has 0 aliphatic carbocycles. The van der Waals surface area contributed by atoms with Gasteiger partial charge in [0.2, 0.25) is 0 Å². The van der Waals surface area contributed by atoms with Crippen LogP contribution in [-0.4, -0.2) is 77.0 Å². The molecule has 0 spiro atoms. The van der Waals surface area contributed by atoms with Gasteiger partial charge < -0.3 is 45.9 Å². The number of alkyl carbamates (subject to hydrolysis) is 1. The first-order valence-corrected chi connectivity index (χ1v) is 16.4. The Morgan fingerprint density at radius 3 is 1.93 bits per heavy atom. The first-order valence-electron chi connectivity index (χ1n) is 16.4. The molecule has 320 valence electrons. The molecule has 0 fully saturated rings. The van der Waals surface area contributed by atoms with Crippen molar-refractivity contribution in [3.05, 3.63) is 96.5 Å². The second-order valence-electron chi connectivity index (χ2n) is 12.5. The van der Waals surface area contributed by atoms with E-state index in [1.807, 2.05) is 42.5 Å². The van der Waals surface area contributed by atoms with Gasteiger partial charge in [-0.25, -0.2) is 19.4 Å². The SMILES string of the molecule is COc1cc(NC(=O)Nc2cccc(CNC(=O)OC(CN(CC(C)C)CC(C)C)c3ccccc3)c2)ccc1-c1cnco1.F.F.F.O.O.O=C(O)C(F)(F)F. The van der Waals surface area contributed by atoms with Crippen molar-refractivity contribution in [2.24, 2.45) is 11.8 Å². The van der Waals surface area contributed by atoms with E-state index >= 15 is 0 Å². The first kappa shape index (κ1) is 55.5. The van der Waals surface area contributed by atoms with Gasteiger partial charge >= 0.3 is 24.3 Å². The zero-order chi connectivity index (χ0) is 38.3. The highest BCUT2D eigenvalue weighted by molar-refractivity contribution is 6.00. The van der Waals surface area contributed by atoms with E-state index in [9.17, 15) is 22.8 Å². The lowest BCUT2D eigenvalue weighted by molar-refractivity contribution is -0.192. The minimum atomic E-state index is -5.08. The highest BCUT2D eigenvalue weighted by atomic mass is 19.4.